The molecule has 31 heavy (non-hydrogen) atoms. The van der Waals surface area contributed by atoms with Crippen molar-refractivity contribution in [1.82, 2.24) is 19.9 Å². The summed E-state index contributed by atoms with van der Waals surface area (Å²) in [5.74, 6) is -0.393. The van der Waals surface area contributed by atoms with E-state index in [0.717, 1.165) is 65.3 Å². The number of halogens is 1. The van der Waals surface area contributed by atoms with Crippen molar-refractivity contribution in [3.8, 4) is 11.3 Å². The van der Waals surface area contributed by atoms with Crippen LogP contribution in [-0.4, -0.2) is 46.2 Å². The van der Waals surface area contributed by atoms with Crippen LogP contribution >= 0.6 is 0 Å². The van der Waals surface area contributed by atoms with Crippen LogP contribution in [0.2, 0.25) is 0 Å². The summed E-state index contributed by atoms with van der Waals surface area (Å²) >= 11 is 0. The van der Waals surface area contributed by atoms with E-state index in [1.807, 2.05) is 19.1 Å². The van der Waals surface area contributed by atoms with Gasteiger partial charge in [0.25, 0.3) is 0 Å². The third-order valence-electron chi connectivity index (χ3n) is 5.72. The van der Waals surface area contributed by atoms with Gasteiger partial charge in [-0.15, -0.1) is 0 Å². The topological polar surface area (TPSA) is 64.0 Å². The quantitative estimate of drug-likeness (QED) is 0.503. The Morgan fingerprint density at radius 1 is 1.00 bits per heavy atom. The average molecular weight is 415 g/mol. The van der Waals surface area contributed by atoms with Gasteiger partial charge in [0.15, 0.2) is 5.82 Å². The molecular formula is C24H22FN5O. The van der Waals surface area contributed by atoms with Gasteiger partial charge in [0.05, 0.1) is 36.3 Å². The summed E-state index contributed by atoms with van der Waals surface area (Å²) in [4.78, 5) is 19.2. The Bertz CT molecular complexity index is 1240. The lowest BCUT2D eigenvalue weighted by molar-refractivity contribution is 0.122. The fraction of sp³-hybridized carbons (Fsp3) is 0.250. The van der Waals surface area contributed by atoms with Gasteiger partial charge in [-0.2, -0.15) is 0 Å². The van der Waals surface area contributed by atoms with Crippen molar-refractivity contribution in [2.45, 2.75) is 13.3 Å². The first-order valence-corrected chi connectivity index (χ1v) is 10.3. The molecule has 156 valence electrons. The molecule has 0 atom stereocenters. The van der Waals surface area contributed by atoms with Crippen molar-refractivity contribution in [1.29, 1.82) is 0 Å². The highest BCUT2D eigenvalue weighted by Gasteiger charge is 2.15. The van der Waals surface area contributed by atoms with Crippen LogP contribution in [-0.2, 0) is 11.2 Å². The summed E-state index contributed by atoms with van der Waals surface area (Å²) < 4.78 is 19.5. The Morgan fingerprint density at radius 2 is 1.87 bits per heavy atom. The van der Waals surface area contributed by atoms with E-state index in [1.54, 1.807) is 6.33 Å². The Balaban J connectivity index is 1.52. The van der Waals surface area contributed by atoms with Crippen LogP contribution in [0.4, 0.5) is 10.1 Å². The second-order valence-corrected chi connectivity index (χ2v) is 7.66. The molecule has 0 bridgehead atoms. The number of benzene rings is 2. The highest BCUT2D eigenvalue weighted by Crippen LogP contribution is 2.30. The maximum absolute atomic E-state index is 14.1. The number of ether oxygens (including phenoxy) is 1. The zero-order valence-corrected chi connectivity index (χ0v) is 17.3. The summed E-state index contributed by atoms with van der Waals surface area (Å²) in [6, 6.07) is 12.5. The second-order valence-electron chi connectivity index (χ2n) is 7.66. The van der Waals surface area contributed by atoms with Gasteiger partial charge >= 0.3 is 0 Å². The van der Waals surface area contributed by atoms with Gasteiger partial charge in [-0.05, 0) is 42.3 Å². The fourth-order valence-electron chi connectivity index (χ4n) is 3.95. The zero-order chi connectivity index (χ0) is 21.2. The molecule has 4 aromatic rings. The van der Waals surface area contributed by atoms with Crippen LogP contribution in [0.3, 0.4) is 0 Å². The smallest absolute Gasteiger partial charge is 0.163 e. The third-order valence-corrected chi connectivity index (χ3v) is 5.72. The summed E-state index contributed by atoms with van der Waals surface area (Å²) in [5, 5.41) is 0.988. The van der Waals surface area contributed by atoms with Gasteiger partial charge in [-0.3, -0.25) is 0 Å². The van der Waals surface area contributed by atoms with E-state index in [4.69, 9.17) is 4.74 Å². The van der Waals surface area contributed by atoms with Crippen LogP contribution in [0.25, 0.3) is 22.2 Å². The molecule has 2 aromatic heterocycles. The standard InChI is InChI=1S/C24H22FN5O/c1-16-2-3-17(10-18(16)11-23-21(25)13-26-14-27-23)24-20-5-4-19(12-22(20)28-15-29-24)30-6-8-31-9-7-30/h2-5,10,12-15H,6-9,11H2,1H3. The summed E-state index contributed by atoms with van der Waals surface area (Å²) in [6.07, 6.45) is 4.58. The van der Waals surface area contributed by atoms with Crippen LogP contribution in [0, 0.1) is 12.7 Å². The van der Waals surface area contributed by atoms with Crippen molar-refractivity contribution < 1.29 is 9.13 Å². The molecule has 1 saturated heterocycles. The minimum absolute atomic E-state index is 0.387. The maximum atomic E-state index is 14.1. The van der Waals surface area contributed by atoms with Gasteiger partial charge in [-0.1, -0.05) is 12.1 Å². The molecule has 0 unspecified atom stereocenters. The van der Waals surface area contributed by atoms with Gasteiger partial charge < -0.3 is 9.64 Å². The monoisotopic (exact) mass is 415 g/mol. The zero-order valence-electron chi connectivity index (χ0n) is 17.3. The third kappa shape index (κ3) is 3.96. The van der Waals surface area contributed by atoms with Gasteiger partial charge in [-0.25, -0.2) is 24.3 Å². The molecule has 1 aliphatic heterocycles. The number of nitrogens with zero attached hydrogens (tertiary/aromatic N) is 5. The molecule has 0 saturated carbocycles. The number of morpholine rings is 1. The number of hydrogen-bond acceptors (Lipinski definition) is 6. The predicted molar refractivity (Wildman–Crippen MR) is 118 cm³/mol. The number of rotatable bonds is 4. The predicted octanol–water partition coefficient (Wildman–Crippen LogP) is 3.96. The van der Waals surface area contributed by atoms with Gasteiger partial charge in [0, 0.05) is 36.1 Å². The maximum Gasteiger partial charge on any atom is 0.163 e. The van der Waals surface area contributed by atoms with E-state index < -0.39 is 5.82 Å². The molecule has 1 fully saturated rings. The molecule has 0 aliphatic carbocycles. The largest absolute Gasteiger partial charge is 0.378 e. The van der Waals surface area contributed by atoms with E-state index in [1.165, 1.54) is 12.5 Å². The lowest BCUT2D eigenvalue weighted by atomic mass is 9.97. The molecule has 7 heteroatoms. The Morgan fingerprint density at radius 3 is 2.71 bits per heavy atom. The van der Waals surface area contributed by atoms with Crippen molar-refractivity contribution in [2.24, 2.45) is 0 Å². The summed E-state index contributed by atoms with van der Waals surface area (Å²) in [5.41, 5.74) is 6.35. The first kappa shape index (κ1) is 19.5. The fourth-order valence-corrected chi connectivity index (χ4v) is 3.95. The van der Waals surface area contributed by atoms with Gasteiger partial charge in [0.2, 0.25) is 0 Å². The highest BCUT2D eigenvalue weighted by molar-refractivity contribution is 5.94. The Hall–Kier alpha value is -3.45. The van der Waals surface area contributed by atoms with Crippen molar-refractivity contribution in [3.63, 3.8) is 0 Å². The minimum Gasteiger partial charge on any atom is -0.378 e. The Labute approximate surface area is 179 Å². The van der Waals surface area contributed by atoms with E-state index >= 15 is 0 Å². The molecule has 2 aromatic carbocycles. The molecular weight excluding hydrogens is 393 g/mol. The van der Waals surface area contributed by atoms with Crippen LogP contribution < -0.4 is 4.90 Å². The highest BCUT2D eigenvalue weighted by atomic mass is 19.1. The molecule has 0 N–H and O–H groups in total. The van der Waals surface area contributed by atoms with E-state index in [0.29, 0.717) is 12.1 Å². The van der Waals surface area contributed by atoms with Crippen LogP contribution in [0.1, 0.15) is 16.8 Å². The normalized spacial score (nSPS) is 14.2. The lowest BCUT2D eigenvalue weighted by Crippen LogP contribution is -2.36. The lowest BCUT2D eigenvalue weighted by Gasteiger charge is -2.29. The van der Waals surface area contributed by atoms with Crippen molar-refractivity contribution >= 4 is 16.6 Å². The number of aryl methyl sites for hydroxylation is 1. The number of anilines is 1. The molecule has 0 radical (unpaired) electrons. The van der Waals surface area contributed by atoms with Gasteiger partial charge in [0.1, 0.15) is 12.7 Å². The first-order chi connectivity index (χ1) is 15.2. The number of fused-ring (bicyclic) bond motifs is 1. The minimum atomic E-state index is -0.393. The molecule has 5 rings (SSSR count). The SMILES string of the molecule is Cc1ccc(-c2ncnc3cc(N4CCOCC4)ccc23)cc1Cc1ncncc1F. The van der Waals surface area contributed by atoms with Crippen molar-refractivity contribution in [2.75, 3.05) is 31.2 Å². The average Bonchev–Trinajstić information content (AvgIpc) is 2.82. The van der Waals surface area contributed by atoms with Crippen molar-refractivity contribution in [3.05, 3.63) is 77.9 Å². The first-order valence-electron chi connectivity index (χ1n) is 10.3. The summed E-state index contributed by atoms with van der Waals surface area (Å²) in [6.45, 7) is 5.26. The van der Waals surface area contributed by atoms with Crippen LogP contribution in [0.5, 0.6) is 0 Å². The molecule has 0 amide bonds. The van der Waals surface area contributed by atoms with E-state index in [2.05, 4.69) is 49.1 Å². The molecule has 0 spiro atoms. The molecule has 1 aliphatic rings. The molecule has 6 nitrogen and oxygen atoms in total. The second kappa shape index (κ2) is 8.35. The Kier molecular flexibility index (Phi) is 5.26. The van der Waals surface area contributed by atoms with E-state index in [-0.39, 0.29) is 0 Å². The number of hydrogen-bond donors (Lipinski definition) is 0. The molecule has 3 heterocycles. The van der Waals surface area contributed by atoms with E-state index in [9.17, 15) is 4.39 Å². The number of aromatic nitrogens is 4. The van der Waals surface area contributed by atoms with Crippen LogP contribution in [0.15, 0.2) is 55.2 Å². The summed E-state index contributed by atoms with van der Waals surface area (Å²) in [7, 11) is 0.